The smallest absolute Gasteiger partial charge is 0.270 e. The van der Waals surface area contributed by atoms with E-state index in [0.717, 1.165) is 10.2 Å². The number of nitro benzene ring substituents is 1. The maximum absolute atomic E-state index is 11.9. The van der Waals surface area contributed by atoms with E-state index >= 15 is 0 Å². The molecule has 0 aliphatic carbocycles. The molecule has 0 heterocycles. The van der Waals surface area contributed by atoms with Gasteiger partial charge >= 0.3 is 0 Å². The molecule has 0 unspecified atom stereocenters. The second kappa shape index (κ2) is 8.30. The maximum atomic E-state index is 11.9. The SMILES string of the molecule is CNC(=O)c1cc([N+](=O)[O-])ccc1NCCOc1cccc(Br)c1. The van der Waals surface area contributed by atoms with Crippen molar-refractivity contribution >= 4 is 33.2 Å². The summed E-state index contributed by atoms with van der Waals surface area (Å²) in [6, 6.07) is 11.6. The normalized spacial score (nSPS) is 10.1. The van der Waals surface area contributed by atoms with E-state index < -0.39 is 10.8 Å². The zero-order valence-electron chi connectivity index (χ0n) is 12.9. The lowest BCUT2D eigenvalue weighted by molar-refractivity contribution is -0.384. The van der Waals surface area contributed by atoms with Crippen molar-refractivity contribution in [1.82, 2.24) is 5.32 Å². The van der Waals surface area contributed by atoms with Gasteiger partial charge in [-0.15, -0.1) is 0 Å². The van der Waals surface area contributed by atoms with Crippen LogP contribution in [0.15, 0.2) is 46.9 Å². The van der Waals surface area contributed by atoms with Crippen LogP contribution in [0.3, 0.4) is 0 Å². The Kier molecular flexibility index (Phi) is 6.14. The highest BCUT2D eigenvalue weighted by Gasteiger charge is 2.15. The summed E-state index contributed by atoms with van der Waals surface area (Å²) in [4.78, 5) is 22.2. The molecule has 2 N–H and O–H groups in total. The average Bonchev–Trinajstić information content (AvgIpc) is 2.58. The van der Waals surface area contributed by atoms with E-state index in [2.05, 4.69) is 26.6 Å². The number of nitrogens with one attached hydrogen (secondary N) is 2. The topological polar surface area (TPSA) is 93.5 Å². The molecule has 0 aromatic heterocycles. The molecule has 0 atom stereocenters. The van der Waals surface area contributed by atoms with Gasteiger partial charge < -0.3 is 15.4 Å². The molecule has 0 spiro atoms. The second-order valence-corrected chi connectivity index (χ2v) is 5.71. The highest BCUT2D eigenvalue weighted by molar-refractivity contribution is 9.10. The van der Waals surface area contributed by atoms with E-state index in [4.69, 9.17) is 4.74 Å². The van der Waals surface area contributed by atoms with Crippen LogP contribution in [0.5, 0.6) is 5.75 Å². The molecule has 126 valence electrons. The third-order valence-electron chi connectivity index (χ3n) is 3.17. The predicted molar refractivity (Wildman–Crippen MR) is 94.6 cm³/mol. The highest BCUT2D eigenvalue weighted by atomic mass is 79.9. The van der Waals surface area contributed by atoms with E-state index in [-0.39, 0.29) is 11.3 Å². The third-order valence-corrected chi connectivity index (χ3v) is 3.66. The molecule has 7 nitrogen and oxygen atoms in total. The number of non-ortho nitro benzene ring substituents is 1. The Morgan fingerprint density at radius 1 is 1.29 bits per heavy atom. The number of rotatable bonds is 7. The fourth-order valence-corrected chi connectivity index (χ4v) is 2.41. The van der Waals surface area contributed by atoms with Gasteiger partial charge in [-0.2, -0.15) is 0 Å². The van der Waals surface area contributed by atoms with Crippen LogP contribution >= 0.6 is 15.9 Å². The summed E-state index contributed by atoms with van der Waals surface area (Å²) in [5.41, 5.74) is 0.594. The Labute approximate surface area is 147 Å². The van der Waals surface area contributed by atoms with Crippen molar-refractivity contribution in [2.75, 3.05) is 25.5 Å². The van der Waals surface area contributed by atoms with Crippen LogP contribution in [0, 0.1) is 10.1 Å². The minimum absolute atomic E-state index is 0.135. The molecular formula is C16H16BrN3O4. The minimum atomic E-state index is -0.535. The van der Waals surface area contributed by atoms with Crippen LogP contribution in [0.25, 0.3) is 0 Å². The van der Waals surface area contributed by atoms with Gasteiger partial charge in [0.2, 0.25) is 0 Å². The quantitative estimate of drug-likeness (QED) is 0.427. The number of ether oxygens (including phenoxy) is 1. The lowest BCUT2D eigenvalue weighted by Crippen LogP contribution is -2.21. The van der Waals surface area contributed by atoms with Gasteiger partial charge in [-0.1, -0.05) is 22.0 Å². The second-order valence-electron chi connectivity index (χ2n) is 4.80. The standard InChI is InChI=1S/C16H16BrN3O4/c1-18-16(21)14-10-12(20(22)23)5-6-15(14)19-7-8-24-13-4-2-3-11(17)9-13/h2-6,9-10,19H,7-8H2,1H3,(H,18,21). The van der Waals surface area contributed by atoms with E-state index in [9.17, 15) is 14.9 Å². The number of hydrogen-bond donors (Lipinski definition) is 2. The van der Waals surface area contributed by atoms with Crippen LogP contribution in [-0.4, -0.2) is 31.0 Å². The Hall–Kier alpha value is -2.61. The number of halogens is 1. The molecule has 0 aliphatic rings. The number of carbonyl (C=O) groups is 1. The first-order valence-corrected chi connectivity index (χ1v) is 7.93. The van der Waals surface area contributed by atoms with Gasteiger partial charge in [-0.25, -0.2) is 0 Å². The summed E-state index contributed by atoms with van der Waals surface area (Å²) in [7, 11) is 1.47. The number of hydrogen-bond acceptors (Lipinski definition) is 5. The number of nitro groups is 1. The Balaban J connectivity index is 2.01. The minimum Gasteiger partial charge on any atom is -0.492 e. The summed E-state index contributed by atoms with van der Waals surface area (Å²) >= 11 is 3.36. The first-order valence-electron chi connectivity index (χ1n) is 7.14. The number of anilines is 1. The van der Waals surface area contributed by atoms with Crippen LogP contribution in [0.1, 0.15) is 10.4 Å². The van der Waals surface area contributed by atoms with Crippen LogP contribution < -0.4 is 15.4 Å². The average molecular weight is 394 g/mol. The largest absolute Gasteiger partial charge is 0.492 e. The summed E-state index contributed by atoms with van der Waals surface area (Å²) in [6.45, 7) is 0.814. The molecule has 2 aromatic rings. The molecule has 0 radical (unpaired) electrons. The van der Waals surface area contributed by atoms with Crippen molar-refractivity contribution in [3.63, 3.8) is 0 Å². The Morgan fingerprint density at radius 2 is 2.08 bits per heavy atom. The van der Waals surface area contributed by atoms with Crippen molar-refractivity contribution in [3.05, 3.63) is 62.6 Å². The molecule has 2 aromatic carbocycles. The molecule has 0 aliphatic heterocycles. The lowest BCUT2D eigenvalue weighted by Gasteiger charge is -2.12. The molecule has 0 fully saturated rings. The van der Waals surface area contributed by atoms with Gasteiger partial charge in [0.1, 0.15) is 12.4 Å². The van der Waals surface area contributed by atoms with Gasteiger partial charge in [-0.3, -0.25) is 14.9 Å². The zero-order chi connectivity index (χ0) is 17.5. The van der Waals surface area contributed by atoms with Crippen molar-refractivity contribution in [2.24, 2.45) is 0 Å². The molecule has 0 saturated carbocycles. The summed E-state index contributed by atoms with van der Waals surface area (Å²) in [5, 5.41) is 16.4. The van der Waals surface area contributed by atoms with E-state index in [0.29, 0.717) is 18.8 Å². The lowest BCUT2D eigenvalue weighted by atomic mass is 10.1. The molecule has 8 heteroatoms. The van der Waals surface area contributed by atoms with Crippen LogP contribution in [0.4, 0.5) is 11.4 Å². The third kappa shape index (κ3) is 4.69. The number of nitrogens with zero attached hydrogens (tertiary/aromatic N) is 1. The first-order chi connectivity index (χ1) is 11.5. The van der Waals surface area contributed by atoms with Gasteiger partial charge in [0.25, 0.3) is 11.6 Å². The number of amides is 1. The molecule has 0 bridgehead atoms. The monoisotopic (exact) mass is 393 g/mol. The summed E-state index contributed by atoms with van der Waals surface area (Å²) in [5.74, 6) is 0.329. The van der Waals surface area contributed by atoms with Gasteiger partial charge in [-0.05, 0) is 24.3 Å². The zero-order valence-corrected chi connectivity index (χ0v) is 14.5. The molecule has 2 rings (SSSR count). The van der Waals surface area contributed by atoms with Gasteiger partial charge in [0.05, 0.1) is 10.5 Å². The van der Waals surface area contributed by atoms with Crippen molar-refractivity contribution < 1.29 is 14.5 Å². The van der Waals surface area contributed by atoms with Gasteiger partial charge in [0.15, 0.2) is 0 Å². The van der Waals surface area contributed by atoms with Crippen LogP contribution in [0.2, 0.25) is 0 Å². The van der Waals surface area contributed by atoms with E-state index in [1.54, 1.807) is 0 Å². The number of benzene rings is 2. The van der Waals surface area contributed by atoms with Crippen molar-refractivity contribution in [1.29, 1.82) is 0 Å². The summed E-state index contributed by atoms with van der Waals surface area (Å²) < 4.78 is 6.52. The molecule has 0 saturated heterocycles. The van der Waals surface area contributed by atoms with E-state index in [1.807, 2.05) is 24.3 Å². The Bertz CT molecular complexity index is 752. The fraction of sp³-hybridized carbons (Fsp3) is 0.188. The van der Waals surface area contributed by atoms with Crippen LogP contribution in [-0.2, 0) is 0 Å². The van der Waals surface area contributed by atoms with E-state index in [1.165, 1.54) is 25.2 Å². The fourth-order valence-electron chi connectivity index (χ4n) is 2.03. The molecular weight excluding hydrogens is 378 g/mol. The van der Waals surface area contributed by atoms with Gasteiger partial charge in [0, 0.05) is 35.9 Å². The maximum Gasteiger partial charge on any atom is 0.270 e. The number of carbonyl (C=O) groups excluding carboxylic acids is 1. The Morgan fingerprint density at radius 3 is 2.75 bits per heavy atom. The molecule has 1 amide bonds. The van der Waals surface area contributed by atoms with Crippen molar-refractivity contribution in [3.8, 4) is 5.75 Å². The summed E-state index contributed by atoms with van der Waals surface area (Å²) in [6.07, 6.45) is 0. The predicted octanol–water partition coefficient (Wildman–Crippen LogP) is 3.21. The molecule has 24 heavy (non-hydrogen) atoms. The first kappa shape index (κ1) is 17.7. The highest BCUT2D eigenvalue weighted by Crippen LogP contribution is 2.22. The van der Waals surface area contributed by atoms with Crippen molar-refractivity contribution in [2.45, 2.75) is 0 Å².